The maximum absolute atomic E-state index is 5.99. The third-order valence-electron chi connectivity index (χ3n) is 5.28. The summed E-state index contributed by atoms with van der Waals surface area (Å²) in [5.41, 5.74) is 0. The van der Waals surface area contributed by atoms with Crippen LogP contribution >= 0.6 is 11.3 Å². The number of morpholine rings is 1. The number of nitrogens with one attached hydrogen (secondary N) is 2. The highest BCUT2D eigenvalue weighted by Gasteiger charge is 2.21. The summed E-state index contributed by atoms with van der Waals surface area (Å²) in [5, 5.41) is 17.3. The van der Waals surface area contributed by atoms with E-state index in [1.807, 2.05) is 0 Å². The zero-order valence-corrected chi connectivity index (χ0v) is 20.1. The molecule has 1 fully saturated rings. The topological polar surface area (TPSA) is 79.6 Å². The maximum atomic E-state index is 5.99. The Kier molecular flexibility index (Phi) is 9.30. The van der Waals surface area contributed by atoms with Crippen LogP contribution in [0.2, 0.25) is 0 Å². The molecular weight excluding hydrogens is 410 g/mol. The van der Waals surface area contributed by atoms with Crippen LogP contribution in [0.1, 0.15) is 44.4 Å². The zero-order valence-electron chi connectivity index (χ0n) is 19.3. The van der Waals surface area contributed by atoms with Gasteiger partial charge in [0.2, 0.25) is 0 Å². The number of aryl methyl sites for hydroxylation is 1. The van der Waals surface area contributed by atoms with Crippen molar-refractivity contribution in [1.29, 1.82) is 0 Å². The third-order valence-corrected chi connectivity index (χ3v) is 6.33. The molecule has 0 spiro atoms. The van der Waals surface area contributed by atoms with E-state index in [4.69, 9.17) is 9.73 Å². The monoisotopic (exact) mass is 447 g/mol. The zero-order chi connectivity index (χ0) is 22.1. The Bertz CT molecular complexity index is 790. The number of rotatable bonds is 10. The van der Waals surface area contributed by atoms with E-state index in [2.05, 4.69) is 75.5 Å². The molecule has 2 aromatic rings. The van der Waals surface area contributed by atoms with E-state index in [-0.39, 0.29) is 12.1 Å². The molecule has 3 rings (SSSR count). The molecule has 31 heavy (non-hydrogen) atoms. The Morgan fingerprint density at radius 2 is 2.26 bits per heavy atom. The van der Waals surface area contributed by atoms with Crippen LogP contribution in [0.4, 0.5) is 0 Å². The molecule has 172 valence electrons. The number of thiophene rings is 1. The van der Waals surface area contributed by atoms with Crippen LogP contribution < -0.4 is 10.6 Å². The van der Waals surface area contributed by atoms with Crippen LogP contribution in [-0.4, -0.2) is 71.1 Å². The van der Waals surface area contributed by atoms with Gasteiger partial charge in [-0.2, -0.15) is 0 Å². The minimum atomic E-state index is 0.132. The Labute approximate surface area is 190 Å². The number of hydrogen-bond donors (Lipinski definition) is 2. The van der Waals surface area contributed by atoms with E-state index in [0.717, 1.165) is 57.5 Å². The van der Waals surface area contributed by atoms with Crippen molar-refractivity contribution in [2.24, 2.45) is 10.9 Å². The van der Waals surface area contributed by atoms with E-state index in [1.165, 1.54) is 4.88 Å². The highest BCUT2D eigenvalue weighted by atomic mass is 32.1. The number of aromatic nitrogens is 3. The quantitative estimate of drug-likeness (QED) is 0.430. The molecule has 2 unspecified atom stereocenters. The molecule has 8 nitrogen and oxygen atoms in total. The molecule has 2 aromatic heterocycles. The first kappa shape index (κ1) is 23.7. The van der Waals surface area contributed by atoms with Crippen molar-refractivity contribution in [3.8, 4) is 0 Å². The lowest BCUT2D eigenvalue weighted by molar-refractivity contribution is -0.0262. The lowest BCUT2D eigenvalue weighted by Gasteiger charge is -2.33. The SMILES string of the molecule is CCc1nncn1CCNC(=NCC1CN(CC(C)C)CCO1)NC(C)c1cccs1. The molecule has 2 N–H and O–H groups in total. The van der Waals surface area contributed by atoms with Crippen LogP contribution in [0, 0.1) is 5.92 Å². The normalized spacial score (nSPS) is 19.0. The van der Waals surface area contributed by atoms with Crippen LogP contribution in [0.3, 0.4) is 0 Å². The second-order valence-corrected chi connectivity index (χ2v) is 9.42. The van der Waals surface area contributed by atoms with Crippen molar-refractivity contribution < 1.29 is 4.74 Å². The summed E-state index contributed by atoms with van der Waals surface area (Å²) in [6.07, 6.45) is 2.80. The van der Waals surface area contributed by atoms with Gasteiger partial charge in [0.1, 0.15) is 12.2 Å². The minimum Gasteiger partial charge on any atom is -0.374 e. The Hall–Kier alpha value is -1.97. The lowest BCUT2D eigenvalue weighted by Crippen LogP contribution is -2.46. The Morgan fingerprint density at radius 1 is 1.39 bits per heavy atom. The van der Waals surface area contributed by atoms with E-state index >= 15 is 0 Å². The van der Waals surface area contributed by atoms with Gasteiger partial charge in [-0.1, -0.05) is 26.8 Å². The van der Waals surface area contributed by atoms with Gasteiger partial charge in [0, 0.05) is 44.0 Å². The molecule has 1 saturated heterocycles. The number of guanidine groups is 1. The molecule has 0 radical (unpaired) electrons. The standard InChI is InChI=1S/C22H37N7OS/c1-5-21-27-25-16-29(21)9-8-23-22(26-18(4)20-7-6-12-31-20)24-13-19-15-28(10-11-30-19)14-17(2)3/h6-7,12,16-19H,5,8-11,13-15H2,1-4H3,(H2,23,24,26). The Morgan fingerprint density at radius 3 is 3.00 bits per heavy atom. The fraction of sp³-hybridized carbons (Fsp3) is 0.682. The fourth-order valence-electron chi connectivity index (χ4n) is 3.77. The van der Waals surface area contributed by atoms with Gasteiger partial charge >= 0.3 is 0 Å². The van der Waals surface area contributed by atoms with E-state index in [9.17, 15) is 0 Å². The highest BCUT2D eigenvalue weighted by Crippen LogP contribution is 2.18. The highest BCUT2D eigenvalue weighted by molar-refractivity contribution is 7.10. The van der Waals surface area contributed by atoms with Crippen molar-refractivity contribution in [2.75, 3.05) is 39.3 Å². The summed E-state index contributed by atoms with van der Waals surface area (Å²) in [6, 6.07) is 4.43. The van der Waals surface area contributed by atoms with Gasteiger partial charge in [0.15, 0.2) is 5.96 Å². The summed E-state index contributed by atoms with van der Waals surface area (Å²) in [4.78, 5) is 8.66. The smallest absolute Gasteiger partial charge is 0.191 e. The third kappa shape index (κ3) is 7.59. The molecule has 1 aliphatic rings. The molecule has 0 aliphatic carbocycles. The van der Waals surface area contributed by atoms with Crippen molar-refractivity contribution in [3.63, 3.8) is 0 Å². The van der Waals surface area contributed by atoms with E-state index < -0.39 is 0 Å². The first-order chi connectivity index (χ1) is 15.0. The molecule has 9 heteroatoms. The average Bonchev–Trinajstić information content (AvgIpc) is 3.43. The maximum Gasteiger partial charge on any atom is 0.191 e. The number of nitrogens with zero attached hydrogens (tertiary/aromatic N) is 5. The predicted molar refractivity (Wildman–Crippen MR) is 127 cm³/mol. The lowest BCUT2D eigenvalue weighted by atomic mass is 10.2. The average molecular weight is 448 g/mol. The van der Waals surface area contributed by atoms with Crippen LogP contribution in [0.25, 0.3) is 0 Å². The van der Waals surface area contributed by atoms with Gasteiger partial charge in [0.05, 0.1) is 25.3 Å². The van der Waals surface area contributed by atoms with E-state index in [1.54, 1.807) is 17.7 Å². The largest absolute Gasteiger partial charge is 0.374 e. The summed E-state index contributed by atoms with van der Waals surface area (Å²) < 4.78 is 8.07. The molecule has 1 aliphatic heterocycles. The summed E-state index contributed by atoms with van der Waals surface area (Å²) in [5.74, 6) is 2.48. The van der Waals surface area contributed by atoms with Crippen LogP contribution in [0.5, 0.6) is 0 Å². The molecule has 2 atom stereocenters. The summed E-state index contributed by atoms with van der Waals surface area (Å²) in [7, 11) is 0. The minimum absolute atomic E-state index is 0.132. The second kappa shape index (κ2) is 12.2. The first-order valence-corrected chi connectivity index (χ1v) is 12.2. The molecule has 0 saturated carbocycles. The van der Waals surface area contributed by atoms with Gasteiger partial charge < -0.3 is 19.9 Å². The molecular formula is C22H37N7OS. The van der Waals surface area contributed by atoms with Gasteiger partial charge in [0.25, 0.3) is 0 Å². The molecule has 3 heterocycles. The fourth-order valence-corrected chi connectivity index (χ4v) is 4.50. The molecule has 0 amide bonds. The van der Waals surface area contributed by atoms with E-state index in [0.29, 0.717) is 12.5 Å². The van der Waals surface area contributed by atoms with Crippen LogP contribution in [0.15, 0.2) is 28.8 Å². The second-order valence-electron chi connectivity index (χ2n) is 8.44. The summed E-state index contributed by atoms with van der Waals surface area (Å²) in [6.45, 7) is 14.8. The first-order valence-electron chi connectivity index (χ1n) is 11.3. The van der Waals surface area contributed by atoms with Crippen molar-refractivity contribution in [2.45, 2.75) is 52.8 Å². The van der Waals surface area contributed by atoms with Gasteiger partial charge in [-0.25, -0.2) is 0 Å². The van der Waals surface area contributed by atoms with Crippen molar-refractivity contribution in [1.82, 2.24) is 30.3 Å². The van der Waals surface area contributed by atoms with Crippen molar-refractivity contribution >= 4 is 17.3 Å². The molecule has 0 aromatic carbocycles. The Balaban J connectivity index is 1.58. The van der Waals surface area contributed by atoms with Crippen molar-refractivity contribution in [3.05, 3.63) is 34.5 Å². The van der Waals surface area contributed by atoms with Gasteiger partial charge in [-0.3, -0.25) is 9.89 Å². The number of ether oxygens (including phenoxy) is 1. The summed E-state index contributed by atoms with van der Waals surface area (Å²) >= 11 is 1.75. The molecule has 0 bridgehead atoms. The van der Waals surface area contributed by atoms with Gasteiger partial charge in [-0.05, 0) is 24.3 Å². The number of aliphatic imine (C=N–C) groups is 1. The number of hydrogen-bond acceptors (Lipinski definition) is 6. The van der Waals surface area contributed by atoms with Gasteiger partial charge in [-0.15, -0.1) is 21.5 Å². The van der Waals surface area contributed by atoms with Crippen LogP contribution in [-0.2, 0) is 17.7 Å². The predicted octanol–water partition coefficient (Wildman–Crippen LogP) is 2.56.